The fraction of sp³-hybridized carbons (Fsp3) is 0.429. The number of rotatable bonds is 6. The van der Waals surface area contributed by atoms with E-state index >= 15 is 0 Å². The summed E-state index contributed by atoms with van der Waals surface area (Å²) in [4.78, 5) is 0. The largest absolute Gasteiger partial charge is 0.492 e. The van der Waals surface area contributed by atoms with E-state index in [1.165, 1.54) is 5.56 Å². The Morgan fingerprint density at radius 3 is 2.63 bits per heavy atom. The number of aryl methyl sites for hydroxylation is 1. The van der Waals surface area contributed by atoms with Gasteiger partial charge in [-0.25, -0.2) is 4.68 Å². The van der Waals surface area contributed by atoms with Crippen LogP contribution >= 0.6 is 0 Å². The average molecular weight is 260 g/mol. The highest BCUT2D eigenvalue weighted by Crippen LogP contribution is 2.11. The summed E-state index contributed by atoms with van der Waals surface area (Å²) in [5, 5.41) is 8.23. The van der Waals surface area contributed by atoms with Crippen molar-refractivity contribution in [3.05, 3.63) is 41.2 Å². The van der Waals surface area contributed by atoms with Crippen LogP contribution in [0.15, 0.2) is 24.3 Å². The van der Waals surface area contributed by atoms with Gasteiger partial charge in [-0.2, -0.15) is 0 Å². The molecule has 2 N–H and O–H groups in total. The van der Waals surface area contributed by atoms with Crippen LogP contribution in [-0.4, -0.2) is 28.1 Å². The highest BCUT2D eigenvalue weighted by molar-refractivity contribution is 5.26. The Labute approximate surface area is 113 Å². The summed E-state index contributed by atoms with van der Waals surface area (Å²) in [6.07, 6.45) is 0.769. The van der Waals surface area contributed by atoms with E-state index in [-0.39, 0.29) is 0 Å². The fourth-order valence-electron chi connectivity index (χ4n) is 1.86. The molecule has 0 radical (unpaired) electrons. The van der Waals surface area contributed by atoms with E-state index in [1.807, 2.05) is 35.9 Å². The molecule has 0 unspecified atom stereocenters. The Morgan fingerprint density at radius 1 is 1.21 bits per heavy atom. The van der Waals surface area contributed by atoms with Crippen molar-refractivity contribution in [2.45, 2.75) is 26.8 Å². The van der Waals surface area contributed by atoms with E-state index < -0.39 is 0 Å². The van der Waals surface area contributed by atoms with Gasteiger partial charge in [0.15, 0.2) is 0 Å². The minimum absolute atomic E-state index is 0.579. The Hall–Kier alpha value is -1.88. The van der Waals surface area contributed by atoms with Gasteiger partial charge in [-0.1, -0.05) is 22.9 Å². The normalized spacial score (nSPS) is 10.7. The van der Waals surface area contributed by atoms with E-state index in [1.54, 1.807) is 0 Å². The first kappa shape index (κ1) is 13.5. The lowest BCUT2D eigenvalue weighted by atomic mass is 10.2. The zero-order valence-corrected chi connectivity index (χ0v) is 11.5. The maximum absolute atomic E-state index is 5.68. The Bertz CT molecular complexity index is 519. The highest BCUT2D eigenvalue weighted by Gasteiger charge is 2.07. The Morgan fingerprint density at radius 2 is 1.95 bits per heavy atom. The number of aromatic nitrogens is 3. The van der Waals surface area contributed by atoms with Gasteiger partial charge in [-0.05, 0) is 32.5 Å². The van der Waals surface area contributed by atoms with Gasteiger partial charge in [0.05, 0.1) is 17.9 Å². The summed E-state index contributed by atoms with van der Waals surface area (Å²) in [6.45, 7) is 5.93. The molecule has 102 valence electrons. The zero-order valence-electron chi connectivity index (χ0n) is 11.5. The van der Waals surface area contributed by atoms with Crippen molar-refractivity contribution >= 4 is 0 Å². The molecule has 2 aromatic rings. The fourth-order valence-corrected chi connectivity index (χ4v) is 1.86. The van der Waals surface area contributed by atoms with Gasteiger partial charge < -0.3 is 10.5 Å². The number of hydrogen-bond acceptors (Lipinski definition) is 4. The third-order valence-corrected chi connectivity index (χ3v) is 3.05. The first-order valence-corrected chi connectivity index (χ1v) is 6.49. The van der Waals surface area contributed by atoms with Gasteiger partial charge in [0.25, 0.3) is 0 Å². The molecule has 0 aliphatic carbocycles. The monoisotopic (exact) mass is 260 g/mol. The molecular formula is C14H20N4O. The van der Waals surface area contributed by atoms with Crippen LogP contribution in [0.4, 0.5) is 0 Å². The lowest BCUT2D eigenvalue weighted by molar-refractivity contribution is 0.288. The molecule has 0 saturated carbocycles. The van der Waals surface area contributed by atoms with Crippen LogP contribution in [0.5, 0.6) is 5.75 Å². The average Bonchev–Trinajstić information content (AvgIpc) is 2.75. The van der Waals surface area contributed by atoms with Crippen molar-refractivity contribution in [2.24, 2.45) is 5.73 Å². The predicted molar refractivity (Wildman–Crippen MR) is 74.2 cm³/mol. The molecule has 0 bridgehead atoms. The molecule has 0 aliphatic heterocycles. The molecule has 0 amide bonds. The second kappa shape index (κ2) is 6.33. The molecule has 2 rings (SSSR count). The lowest BCUT2D eigenvalue weighted by Gasteiger charge is -2.07. The number of benzene rings is 1. The van der Waals surface area contributed by atoms with Gasteiger partial charge in [-0.15, -0.1) is 5.10 Å². The van der Waals surface area contributed by atoms with Crippen LogP contribution in [0, 0.1) is 13.8 Å². The highest BCUT2D eigenvalue weighted by atomic mass is 16.5. The standard InChI is InChI=1S/C14H20N4O/c1-11-3-5-13(6-4-11)19-10-9-18-12(2)14(7-8-15)16-17-18/h3-6H,7-10,15H2,1-2H3. The van der Waals surface area contributed by atoms with E-state index in [4.69, 9.17) is 10.5 Å². The second-order valence-electron chi connectivity index (χ2n) is 4.54. The molecule has 19 heavy (non-hydrogen) atoms. The smallest absolute Gasteiger partial charge is 0.119 e. The van der Waals surface area contributed by atoms with Crippen LogP contribution in [-0.2, 0) is 13.0 Å². The van der Waals surface area contributed by atoms with Gasteiger partial charge in [0, 0.05) is 6.42 Å². The van der Waals surface area contributed by atoms with E-state index in [9.17, 15) is 0 Å². The third kappa shape index (κ3) is 3.54. The summed E-state index contributed by atoms with van der Waals surface area (Å²) >= 11 is 0. The molecule has 1 heterocycles. The van der Waals surface area contributed by atoms with Gasteiger partial charge in [-0.3, -0.25) is 0 Å². The van der Waals surface area contributed by atoms with Gasteiger partial charge in [0.2, 0.25) is 0 Å². The summed E-state index contributed by atoms with van der Waals surface area (Å²) in [5.74, 6) is 0.880. The molecule has 0 spiro atoms. The maximum Gasteiger partial charge on any atom is 0.119 e. The molecule has 0 saturated heterocycles. The minimum atomic E-state index is 0.579. The minimum Gasteiger partial charge on any atom is -0.492 e. The first-order valence-electron chi connectivity index (χ1n) is 6.49. The second-order valence-corrected chi connectivity index (χ2v) is 4.54. The first-order chi connectivity index (χ1) is 9.20. The van der Waals surface area contributed by atoms with Crippen molar-refractivity contribution in [1.29, 1.82) is 0 Å². The molecule has 0 atom stereocenters. The van der Waals surface area contributed by atoms with Gasteiger partial charge >= 0.3 is 0 Å². The molecule has 5 nitrogen and oxygen atoms in total. The summed E-state index contributed by atoms with van der Waals surface area (Å²) in [6, 6.07) is 8.03. The number of nitrogens with two attached hydrogens (primary N) is 1. The molecule has 0 fully saturated rings. The van der Waals surface area contributed by atoms with Crippen LogP contribution in [0.1, 0.15) is 17.0 Å². The third-order valence-electron chi connectivity index (χ3n) is 3.05. The lowest BCUT2D eigenvalue weighted by Crippen LogP contribution is -2.11. The van der Waals surface area contributed by atoms with Crippen molar-refractivity contribution < 1.29 is 4.74 Å². The number of ether oxygens (including phenoxy) is 1. The van der Waals surface area contributed by atoms with E-state index in [0.717, 1.165) is 23.6 Å². The molecule has 0 aliphatic rings. The van der Waals surface area contributed by atoms with Crippen LogP contribution < -0.4 is 10.5 Å². The molecular weight excluding hydrogens is 240 g/mol. The number of nitrogens with zero attached hydrogens (tertiary/aromatic N) is 3. The van der Waals surface area contributed by atoms with Crippen LogP contribution in [0.25, 0.3) is 0 Å². The predicted octanol–water partition coefficient (Wildman–Crippen LogP) is 1.48. The molecule has 1 aromatic carbocycles. The van der Waals surface area contributed by atoms with Crippen LogP contribution in [0.2, 0.25) is 0 Å². The Balaban J connectivity index is 1.87. The van der Waals surface area contributed by atoms with E-state index in [0.29, 0.717) is 19.7 Å². The van der Waals surface area contributed by atoms with Crippen molar-refractivity contribution in [2.75, 3.05) is 13.2 Å². The van der Waals surface area contributed by atoms with Crippen LogP contribution in [0.3, 0.4) is 0 Å². The van der Waals surface area contributed by atoms with Gasteiger partial charge in [0.1, 0.15) is 12.4 Å². The maximum atomic E-state index is 5.68. The summed E-state index contributed by atoms with van der Waals surface area (Å²) < 4.78 is 7.54. The quantitative estimate of drug-likeness (QED) is 0.854. The molecule has 1 aromatic heterocycles. The van der Waals surface area contributed by atoms with Crippen molar-refractivity contribution in [3.8, 4) is 5.75 Å². The Kier molecular flexibility index (Phi) is 4.52. The molecule has 5 heteroatoms. The van der Waals surface area contributed by atoms with E-state index in [2.05, 4.69) is 17.2 Å². The topological polar surface area (TPSA) is 66.0 Å². The SMILES string of the molecule is Cc1ccc(OCCn2nnc(CCN)c2C)cc1. The summed E-state index contributed by atoms with van der Waals surface area (Å²) in [5.41, 5.74) is 8.79. The van der Waals surface area contributed by atoms with Crippen molar-refractivity contribution in [3.63, 3.8) is 0 Å². The van der Waals surface area contributed by atoms with Crippen molar-refractivity contribution in [1.82, 2.24) is 15.0 Å². The number of hydrogen-bond donors (Lipinski definition) is 1. The summed E-state index contributed by atoms with van der Waals surface area (Å²) in [7, 11) is 0. The zero-order chi connectivity index (χ0) is 13.7.